The van der Waals surface area contributed by atoms with E-state index in [1.54, 1.807) is 0 Å². The van der Waals surface area contributed by atoms with Gasteiger partial charge < -0.3 is 10.4 Å². The van der Waals surface area contributed by atoms with Gasteiger partial charge in [0, 0.05) is 33.1 Å². The Labute approximate surface area is 140 Å². The lowest BCUT2D eigenvalue weighted by molar-refractivity contribution is -0.140. The smallest absolute Gasteiger partial charge is 0.327 e. The van der Waals surface area contributed by atoms with E-state index in [2.05, 4.69) is 26.2 Å². The van der Waals surface area contributed by atoms with Crippen LogP contribution in [-0.2, 0) is 9.59 Å². The van der Waals surface area contributed by atoms with Crippen molar-refractivity contribution in [2.24, 2.45) is 0 Å². The maximum Gasteiger partial charge on any atom is 0.327 e. The van der Waals surface area contributed by atoms with E-state index in [4.69, 9.17) is 5.11 Å². The van der Waals surface area contributed by atoms with Gasteiger partial charge >= 0.3 is 5.97 Å². The average molecular weight is 383 g/mol. The molecule has 1 heterocycles. The topological polar surface area (TPSA) is 79.3 Å². The number of amides is 1. The molecule has 22 heavy (non-hydrogen) atoms. The molecule has 0 bridgehead atoms. The molecular weight excluding hydrogens is 368 g/mol. The Kier molecular flexibility index (Phi) is 5.42. The average Bonchev–Trinajstić information content (AvgIpc) is 2.43. The minimum Gasteiger partial charge on any atom is -0.480 e. The van der Waals surface area contributed by atoms with Gasteiger partial charge in [0.1, 0.15) is 6.04 Å². The SMILES string of the molecule is CC(=O)N[C@@H](CSc1cc(C)nc2ccc(Br)cc12)C(=O)O. The van der Waals surface area contributed by atoms with Gasteiger partial charge in [-0.2, -0.15) is 0 Å². The van der Waals surface area contributed by atoms with Crippen LogP contribution in [0.15, 0.2) is 33.6 Å². The van der Waals surface area contributed by atoms with Gasteiger partial charge in [-0.25, -0.2) is 4.79 Å². The van der Waals surface area contributed by atoms with Crippen molar-refractivity contribution in [1.82, 2.24) is 10.3 Å². The zero-order valence-electron chi connectivity index (χ0n) is 12.1. The molecule has 0 unspecified atom stereocenters. The van der Waals surface area contributed by atoms with E-state index in [1.807, 2.05) is 31.2 Å². The van der Waals surface area contributed by atoms with Crippen LogP contribution >= 0.6 is 27.7 Å². The minimum atomic E-state index is -1.04. The fourth-order valence-electron chi connectivity index (χ4n) is 2.01. The van der Waals surface area contributed by atoms with E-state index in [0.717, 1.165) is 26.0 Å². The number of carbonyl (C=O) groups excluding carboxylic acids is 1. The Hall–Kier alpha value is -1.60. The summed E-state index contributed by atoms with van der Waals surface area (Å²) in [5, 5.41) is 12.6. The van der Waals surface area contributed by atoms with Crippen LogP contribution < -0.4 is 5.32 Å². The van der Waals surface area contributed by atoms with Gasteiger partial charge in [-0.3, -0.25) is 9.78 Å². The highest BCUT2D eigenvalue weighted by Crippen LogP contribution is 2.30. The molecule has 0 aliphatic rings. The molecular formula is C15H15BrN2O3S. The van der Waals surface area contributed by atoms with Gasteiger partial charge in [-0.15, -0.1) is 11.8 Å². The van der Waals surface area contributed by atoms with Gasteiger partial charge in [0.25, 0.3) is 0 Å². The largest absolute Gasteiger partial charge is 0.480 e. The summed E-state index contributed by atoms with van der Waals surface area (Å²) in [5.41, 5.74) is 1.72. The lowest BCUT2D eigenvalue weighted by Gasteiger charge is -2.14. The summed E-state index contributed by atoms with van der Waals surface area (Å²) in [6.07, 6.45) is 0. The standard InChI is InChI=1S/C15H15BrN2O3S/c1-8-5-14(11-6-10(16)3-4-12(11)17-8)22-7-13(15(20)21)18-9(2)19/h3-6,13H,7H2,1-2H3,(H,18,19)(H,20,21)/t13-/m0/s1. The Morgan fingerprint density at radius 3 is 2.77 bits per heavy atom. The number of aromatic nitrogens is 1. The van der Waals surface area contributed by atoms with Crippen LogP contribution in [0.3, 0.4) is 0 Å². The Balaban J connectivity index is 2.28. The number of nitrogens with zero attached hydrogens (tertiary/aromatic N) is 1. The number of hydrogen-bond donors (Lipinski definition) is 2. The Bertz CT molecular complexity index is 736. The van der Waals surface area contributed by atoms with Crippen LogP contribution in [0.1, 0.15) is 12.6 Å². The van der Waals surface area contributed by atoms with Crippen molar-refractivity contribution < 1.29 is 14.7 Å². The number of carboxylic acid groups (broad SMARTS) is 1. The summed E-state index contributed by atoms with van der Waals surface area (Å²) in [4.78, 5) is 27.7. The van der Waals surface area contributed by atoms with E-state index in [-0.39, 0.29) is 11.7 Å². The van der Waals surface area contributed by atoms with Crippen molar-refractivity contribution in [3.8, 4) is 0 Å². The van der Waals surface area contributed by atoms with Crippen LogP contribution in [-0.4, -0.2) is 33.8 Å². The third-order valence-electron chi connectivity index (χ3n) is 2.94. The highest BCUT2D eigenvalue weighted by Gasteiger charge is 2.19. The van der Waals surface area contributed by atoms with E-state index >= 15 is 0 Å². The highest BCUT2D eigenvalue weighted by atomic mass is 79.9. The van der Waals surface area contributed by atoms with Crippen LogP contribution in [0.5, 0.6) is 0 Å². The van der Waals surface area contributed by atoms with E-state index in [9.17, 15) is 9.59 Å². The summed E-state index contributed by atoms with van der Waals surface area (Å²) in [5.74, 6) is -1.15. The molecule has 0 fully saturated rings. The van der Waals surface area contributed by atoms with Gasteiger partial charge in [-0.05, 0) is 31.2 Å². The summed E-state index contributed by atoms with van der Waals surface area (Å²) in [6, 6.07) is 6.79. The molecule has 2 N–H and O–H groups in total. The molecule has 0 aliphatic heterocycles. The van der Waals surface area contributed by atoms with E-state index in [0.29, 0.717) is 0 Å². The normalized spacial score (nSPS) is 12.1. The number of halogens is 1. The molecule has 7 heteroatoms. The fraction of sp³-hybridized carbons (Fsp3) is 0.267. The number of hydrogen-bond acceptors (Lipinski definition) is 4. The number of pyridine rings is 1. The molecule has 2 aromatic rings. The number of nitrogens with one attached hydrogen (secondary N) is 1. The minimum absolute atomic E-state index is 0.250. The summed E-state index contributed by atoms with van der Waals surface area (Å²) >= 11 is 4.83. The van der Waals surface area contributed by atoms with Crippen molar-refractivity contribution in [3.05, 3.63) is 34.4 Å². The predicted octanol–water partition coefficient (Wildman–Crippen LogP) is 2.99. The van der Waals surface area contributed by atoms with Crippen molar-refractivity contribution in [3.63, 3.8) is 0 Å². The summed E-state index contributed by atoms with van der Waals surface area (Å²) < 4.78 is 0.934. The van der Waals surface area contributed by atoms with Crippen molar-refractivity contribution in [2.45, 2.75) is 24.8 Å². The lowest BCUT2D eigenvalue weighted by Crippen LogP contribution is -2.41. The molecule has 0 saturated heterocycles. The number of aliphatic carboxylic acids is 1. The zero-order valence-corrected chi connectivity index (χ0v) is 14.5. The molecule has 1 aromatic heterocycles. The second-order valence-electron chi connectivity index (χ2n) is 4.83. The van der Waals surface area contributed by atoms with Crippen LogP contribution in [0.2, 0.25) is 0 Å². The number of carbonyl (C=O) groups is 2. The van der Waals surface area contributed by atoms with Crippen LogP contribution in [0.4, 0.5) is 0 Å². The first kappa shape index (κ1) is 16.8. The van der Waals surface area contributed by atoms with Crippen LogP contribution in [0, 0.1) is 6.92 Å². The predicted molar refractivity (Wildman–Crippen MR) is 90.1 cm³/mol. The molecule has 0 spiro atoms. The van der Waals surface area contributed by atoms with Gasteiger partial charge in [0.15, 0.2) is 0 Å². The van der Waals surface area contributed by atoms with Crippen LogP contribution in [0.25, 0.3) is 10.9 Å². The van der Waals surface area contributed by atoms with Crippen molar-refractivity contribution in [2.75, 3.05) is 5.75 Å². The van der Waals surface area contributed by atoms with Gasteiger partial charge in [-0.1, -0.05) is 15.9 Å². The zero-order chi connectivity index (χ0) is 16.3. The van der Waals surface area contributed by atoms with Crippen molar-refractivity contribution >= 4 is 50.5 Å². The maximum atomic E-state index is 11.2. The molecule has 0 radical (unpaired) electrons. The Morgan fingerprint density at radius 2 is 2.14 bits per heavy atom. The molecule has 1 aromatic carbocycles. The first-order chi connectivity index (χ1) is 10.4. The molecule has 5 nitrogen and oxygen atoms in total. The third-order valence-corrected chi connectivity index (χ3v) is 4.58. The summed E-state index contributed by atoms with van der Waals surface area (Å²) in [6.45, 7) is 3.21. The molecule has 1 atom stereocenters. The fourth-order valence-corrected chi connectivity index (χ4v) is 3.51. The molecule has 2 rings (SSSR count). The maximum absolute atomic E-state index is 11.2. The number of carboxylic acids is 1. The quantitative estimate of drug-likeness (QED) is 0.777. The Morgan fingerprint density at radius 1 is 1.41 bits per heavy atom. The molecule has 0 saturated carbocycles. The molecule has 0 aliphatic carbocycles. The first-order valence-corrected chi connectivity index (χ1v) is 8.34. The van der Waals surface area contributed by atoms with Gasteiger partial charge in [0.05, 0.1) is 5.52 Å². The molecule has 116 valence electrons. The number of rotatable bonds is 5. The third kappa shape index (κ3) is 4.20. The molecule has 1 amide bonds. The van der Waals surface area contributed by atoms with Gasteiger partial charge in [0.2, 0.25) is 5.91 Å². The van der Waals surface area contributed by atoms with Crippen molar-refractivity contribution in [1.29, 1.82) is 0 Å². The number of fused-ring (bicyclic) bond motifs is 1. The first-order valence-electron chi connectivity index (χ1n) is 6.56. The second kappa shape index (κ2) is 7.11. The van der Waals surface area contributed by atoms with E-state index < -0.39 is 12.0 Å². The highest BCUT2D eigenvalue weighted by molar-refractivity contribution is 9.10. The summed E-state index contributed by atoms with van der Waals surface area (Å²) in [7, 11) is 0. The number of aryl methyl sites for hydroxylation is 1. The van der Waals surface area contributed by atoms with E-state index in [1.165, 1.54) is 18.7 Å². The lowest BCUT2D eigenvalue weighted by atomic mass is 10.2. The number of benzene rings is 1. The monoisotopic (exact) mass is 382 g/mol. The number of thioether (sulfide) groups is 1. The second-order valence-corrected chi connectivity index (χ2v) is 6.80.